The van der Waals surface area contributed by atoms with E-state index in [1.54, 1.807) is 13.0 Å². The van der Waals surface area contributed by atoms with Gasteiger partial charge < -0.3 is 15.0 Å². The number of hydrogen-bond donors (Lipinski definition) is 1. The second-order valence-corrected chi connectivity index (χ2v) is 7.53. The molecule has 156 valence electrons. The molecule has 2 aromatic rings. The summed E-state index contributed by atoms with van der Waals surface area (Å²) in [5.41, 5.74) is 2.96. The first kappa shape index (κ1) is 23.2. The van der Waals surface area contributed by atoms with Gasteiger partial charge in [0.15, 0.2) is 5.71 Å². The molecular weight excluding hydrogens is 446 g/mol. The topological polar surface area (TPSA) is 72.3 Å². The van der Waals surface area contributed by atoms with Gasteiger partial charge in [0.2, 0.25) is 0 Å². The third-order valence-corrected chi connectivity index (χ3v) is 4.22. The first-order valence-electron chi connectivity index (χ1n) is 9.35. The van der Waals surface area contributed by atoms with Gasteiger partial charge in [-0.05, 0) is 44.9 Å². The van der Waals surface area contributed by atoms with Crippen LogP contribution in [0.1, 0.15) is 37.5 Å². The number of nitrogens with one attached hydrogen (secondary N) is 1. The summed E-state index contributed by atoms with van der Waals surface area (Å²) < 4.78 is 0.965. The summed E-state index contributed by atoms with van der Waals surface area (Å²) in [5.74, 6) is 5.67. The molecule has 0 aliphatic carbocycles. The minimum Gasteiger partial charge on any atom is -0.398 e. The molecule has 0 aliphatic rings. The number of carbonyl (C=O) groups excluding carboxylic acids is 1. The SMILES string of the molecule is CO/N=C(/C(=O)NC(C)C)c1ccccc1CO/N=C(\C)C#Cc1cccc(Br)c1. The lowest BCUT2D eigenvalue weighted by Gasteiger charge is -2.13. The average molecular weight is 470 g/mol. The third kappa shape index (κ3) is 7.37. The van der Waals surface area contributed by atoms with Crippen molar-refractivity contribution in [3.05, 3.63) is 69.7 Å². The molecular formula is C23H24BrN3O3. The summed E-state index contributed by atoms with van der Waals surface area (Å²) >= 11 is 3.42. The van der Waals surface area contributed by atoms with E-state index in [0.29, 0.717) is 11.3 Å². The molecule has 30 heavy (non-hydrogen) atoms. The number of carbonyl (C=O) groups is 1. The van der Waals surface area contributed by atoms with E-state index >= 15 is 0 Å². The molecule has 0 aromatic heterocycles. The first-order valence-corrected chi connectivity index (χ1v) is 10.1. The molecule has 0 aliphatic heterocycles. The van der Waals surface area contributed by atoms with Gasteiger partial charge in [0, 0.05) is 27.2 Å². The zero-order valence-corrected chi connectivity index (χ0v) is 19.0. The number of amides is 1. The molecule has 0 bridgehead atoms. The van der Waals surface area contributed by atoms with Gasteiger partial charge in [0.25, 0.3) is 5.91 Å². The Morgan fingerprint density at radius 2 is 1.93 bits per heavy atom. The van der Waals surface area contributed by atoms with Gasteiger partial charge in [-0.1, -0.05) is 62.5 Å². The van der Waals surface area contributed by atoms with Crippen molar-refractivity contribution in [1.29, 1.82) is 0 Å². The number of nitrogens with zero attached hydrogens (tertiary/aromatic N) is 2. The van der Waals surface area contributed by atoms with E-state index in [4.69, 9.17) is 9.68 Å². The van der Waals surface area contributed by atoms with Crippen LogP contribution in [0.15, 0.2) is 63.3 Å². The molecule has 2 aromatic carbocycles. The van der Waals surface area contributed by atoms with Gasteiger partial charge in [-0.15, -0.1) is 0 Å². The Morgan fingerprint density at radius 3 is 2.63 bits per heavy atom. The minimum absolute atomic E-state index is 0.0287. The van der Waals surface area contributed by atoms with Gasteiger partial charge in [-0.3, -0.25) is 4.79 Å². The molecule has 0 fully saturated rings. The molecule has 0 saturated carbocycles. The number of benzene rings is 2. The molecule has 1 amide bonds. The fourth-order valence-electron chi connectivity index (χ4n) is 2.46. The van der Waals surface area contributed by atoms with E-state index in [0.717, 1.165) is 15.6 Å². The quantitative estimate of drug-likeness (QED) is 0.373. The molecule has 0 atom stereocenters. The van der Waals surface area contributed by atoms with Crippen LogP contribution in [0.2, 0.25) is 0 Å². The van der Waals surface area contributed by atoms with Crippen LogP contribution in [0.5, 0.6) is 0 Å². The van der Waals surface area contributed by atoms with Crippen molar-refractivity contribution in [2.24, 2.45) is 10.3 Å². The van der Waals surface area contributed by atoms with Gasteiger partial charge in [-0.25, -0.2) is 0 Å². The summed E-state index contributed by atoms with van der Waals surface area (Å²) in [4.78, 5) is 22.9. The molecule has 0 radical (unpaired) electrons. The summed E-state index contributed by atoms with van der Waals surface area (Å²) in [7, 11) is 1.40. The third-order valence-electron chi connectivity index (χ3n) is 3.72. The Morgan fingerprint density at radius 1 is 1.17 bits per heavy atom. The number of halogens is 1. The molecule has 2 rings (SSSR count). The maximum Gasteiger partial charge on any atom is 0.274 e. The Bertz CT molecular complexity index is 1000. The van der Waals surface area contributed by atoms with Gasteiger partial charge in [0.05, 0.1) is 0 Å². The van der Waals surface area contributed by atoms with Crippen molar-refractivity contribution >= 4 is 33.3 Å². The predicted molar refractivity (Wildman–Crippen MR) is 122 cm³/mol. The summed E-state index contributed by atoms with van der Waals surface area (Å²) in [6.45, 7) is 5.68. The standard InChI is InChI=1S/C23H24BrN3O3/c1-16(2)25-23(28)22(27-29-4)21-11-6-5-9-19(21)15-30-26-17(3)12-13-18-8-7-10-20(24)14-18/h5-11,14,16H,15H2,1-4H3,(H,25,28)/b26-17+,27-22+. The van der Waals surface area contributed by atoms with Crippen LogP contribution >= 0.6 is 15.9 Å². The lowest BCUT2D eigenvalue weighted by Crippen LogP contribution is -2.37. The molecule has 7 heteroatoms. The van der Waals surface area contributed by atoms with Crippen LogP contribution in [0.25, 0.3) is 0 Å². The van der Waals surface area contributed by atoms with Crippen LogP contribution in [0, 0.1) is 11.8 Å². The van der Waals surface area contributed by atoms with Crippen LogP contribution in [0.4, 0.5) is 0 Å². The van der Waals surface area contributed by atoms with Crippen LogP contribution in [-0.4, -0.2) is 30.5 Å². The van der Waals surface area contributed by atoms with Crippen molar-refractivity contribution in [3.8, 4) is 11.8 Å². The molecule has 0 unspecified atom stereocenters. The molecule has 0 heterocycles. The van der Waals surface area contributed by atoms with Crippen molar-refractivity contribution < 1.29 is 14.5 Å². The highest BCUT2D eigenvalue weighted by Gasteiger charge is 2.19. The highest BCUT2D eigenvalue weighted by atomic mass is 79.9. The Balaban J connectivity index is 2.13. The Hall–Kier alpha value is -3.11. The van der Waals surface area contributed by atoms with Crippen LogP contribution in [-0.2, 0) is 21.1 Å². The lowest BCUT2D eigenvalue weighted by atomic mass is 10.0. The largest absolute Gasteiger partial charge is 0.398 e. The second kappa shape index (κ2) is 11.8. The highest BCUT2D eigenvalue weighted by molar-refractivity contribution is 9.10. The summed E-state index contributed by atoms with van der Waals surface area (Å²) in [6.07, 6.45) is 0. The van der Waals surface area contributed by atoms with Gasteiger partial charge in [0.1, 0.15) is 19.4 Å². The fraction of sp³-hybridized carbons (Fsp3) is 0.261. The van der Waals surface area contributed by atoms with E-state index in [9.17, 15) is 4.79 Å². The average Bonchev–Trinajstić information content (AvgIpc) is 2.70. The number of hydrogen-bond acceptors (Lipinski definition) is 5. The van der Waals surface area contributed by atoms with E-state index in [1.165, 1.54) is 7.11 Å². The maximum atomic E-state index is 12.5. The Labute approximate surface area is 185 Å². The predicted octanol–water partition coefficient (Wildman–Crippen LogP) is 4.27. The highest BCUT2D eigenvalue weighted by Crippen LogP contribution is 2.13. The first-order chi connectivity index (χ1) is 14.4. The number of rotatable bonds is 7. The fourth-order valence-corrected chi connectivity index (χ4v) is 2.86. The van der Waals surface area contributed by atoms with E-state index < -0.39 is 0 Å². The normalized spacial score (nSPS) is 11.5. The molecule has 6 nitrogen and oxygen atoms in total. The van der Waals surface area contributed by atoms with Crippen molar-refractivity contribution in [2.75, 3.05) is 7.11 Å². The number of oxime groups is 2. The summed E-state index contributed by atoms with van der Waals surface area (Å²) in [5, 5.41) is 10.8. The zero-order valence-electron chi connectivity index (χ0n) is 17.4. The van der Waals surface area contributed by atoms with E-state index in [1.807, 2.05) is 56.3 Å². The van der Waals surface area contributed by atoms with Gasteiger partial charge in [-0.2, -0.15) is 0 Å². The second-order valence-electron chi connectivity index (χ2n) is 6.62. The Kier molecular flexibility index (Phi) is 9.10. The monoisotopic (exact) mass is 469 g/mol. The zero-order chi connectivity index (χ0) is 21.9. The van der Waals surface area contributed by atoms with E-state index in [-0.39, 0.29) is 24.3 Å². The molecule has 1 N–H and O–H groups in total. The summed E-state index contributed by atoms with van der Waals surface area (Å²) in [6, 6.07) is 15.0. The van der Waals surface area contributed by atoms with Gasteiger partial charge >= 0.3 is 0 Å². The van der Waals surface area contributed by atoms with Crippen molar-refractivity contribution in [2.45, 2.75) is 33.4 Å². The van der Waals surface area contributed by atoms with Crippen LogP contribution < -0.4 is 5.32 Å². The minimum atomic E-state index is -0.320. The smallest absolute Gasteiger partial charge is 0.274 e. The molecule has 0 saturated heterocycles. The molecule has 0 spiro atoms. The van der Waals surface area contributed by atoms with Crippen molar-refractivity contribution in [3.63, 3.8) is 0 Å². The van der Waals surface area contributed by atoms with Crippen molar-refractivity contribution in [1.82, 2.24) is 5.32 Å². The maximum absolute atomic E-state index is 12.5. The van der Waals surface area contributed by atoms with Crippen LogP contribution in [0.3, 0.4) is 0 Å². The van der Waals surface area contributed by atoms with E-state index in [2.05, 4.69) is 43.4 Å². The lowest BCUT2D eigenvalue weighted by molar-refractivity contribution is -0.115.